The summed E-state index contributed by atoms with van der Waals surface area (Å²) in [6.07, 6.45) is 0. The maximum atomic E-state index is 14.2. The minimum absolute atomic E-state index is 0.112. The lowest BCUT2D eigenvalue weighted by atomic mass is 9.81. The second-order valence-electron chi connectivity index (χ2n) is 10.2. The molecule has 2 aromatic carbocycles. The molecule has 12 heteroatoms. The summed E-state index contributed by atoms with van der Waals surface area (Å²) in [5.74, 6) is -3.56. The average molecular weight is 585 g/mol. The number of nitrogens with one attached hydrogen (secondary N) is 8. The minimum atomic E-state index is -0.852. The van der Waals surface area contributed by atoms with E-state index in [0.29, 0.717) is 50.6 Å². The standard InChI is InChI=1S/C30H48N8O4/c1-7-31-17-29(33-9-3,34-10-4)37-19-13-14-20(38-30(35-11-5,36-12-6)18-32-8-2)24-23(19)27(41)25-21(39)15-16-22(40)26(25)28(24)42/h13-16,31-40H,7-12,17-18H2,1-6H3. The molecule has 0 saturated heterocycles. The van der Waals surface area contributed by atoms with E-state index in [0.717, 1.165) is 13.1 Å². The lowest BCUT2D eigenvalue weighted by Gasteiger charge is -2.40. The maximum Gasteiger partial charge on any atom is 0.200 e. The maximum absolute atomic E-state index is 14.2. The molecule has 10 N–H and O–H groups in total. The molecule has 1 aliphatic rings. The first-order valence-corrected chi connectivity index (χ1v) is 15.0. The molecule has 2 aromatic rings. The first kappa shape index (κ1) is 33.2. The highest BCUT2D eigenvalue weighted by Gasteiger charge is 2.41. The molecule has 12 nitrogen and oxygen atoms in total. The zero-order valence-corrected chi connectivity index (χ0v) is 25.7. The molecule has 0 radical (unpaired) electrons. The van der Waals surface area contributed by atoms with Gasteiger partial charge in [0.25, 0.3) is 0 Å². The number of benzene rings is 2. The summed E-state index contributed by atoms with van der Waals surface area (Å²) in [6, 6.07) is 5.99. The molecule has 232 valence electrons. The second kappa shape index (κ2) is 14.8. The molecule has 1 aliphatic carbocycles. The van der Waals surface area contributed by atoms with E-state index in [4.69, 9.17) is 0 Å². The van der Waals surface area contributed by atoms with Crippen molar-refractivity contribution in [3.63, 3.8) is 0 Å². The van der Waals surface area contributed by atoms with E-state index >= 15 is 0 Å². The Hall–Kier alpha value is -3.26. The van der Waals surface area contributed by atoms with Crippen molar-refractivity contribution >= 4 is 22.9 Å². The lowest BCUT2D eigenvalue weighted by molar-refractivity contribution is 0.0975. The summed E-state index contributed by atoms with van der Waals surface area (Å²) in [6.45, 7) is 16.8. The lowest BCUT2D eigenvalue weighted by Crippen LogP contribution is -2.68. The van der Waals surface area contributed by atoms with Gasteiger partial charge in [-0.15, -0.1) is 0 Å². The largest absolute Gasteiger partial charge is 0.507 e. The molecule has 0 heterocycles. The van der Waals surface area contributed by atoms with Crippen molar-refractivity contribution in [2.75, 3.05) is 63.0 Å². The average Bonchev–Trinajstić information content (AvgIpc) is 2.96. The predicted octanol–water partition coefficient (Wildman–Crippen LogP) is 1.66. The van der Waals surface area contributed by atoms with Crippen LogP contribution in [0.4, 0.5) is 11.4 Å². The number of carbonyl (C=O) groups excluding carboxylic acids is 2. The minimum Gasteiger partial charge on any atom is -0.507 e. The van der Waals surface area contributed by atoms with E-state index in [-0.39, 0.29) is 33.8 Å². The first-order chi connectivity index (χ1) is 20.2. The number of fused-ring (bicyclic) bond motifs is 2. The van der Waals surface area contributed by atoms with E-state index < -0.39 is 23.1 Å². The molecular weight excluding hydrogens is 536 g/mol. The van der Waals surface area contributed by atoms with E-state index in [1.54, 1.807) is 12.1 Å². The van der Waals surface area contributed by atoms with Gasteiger partial charge in [0, 0.05) is 24.5 Å². The predicted molar refractivity (Wildman–Crippen MR) is 168 cm³/mol. The van der Waals surface area contributed by atoms with Crippen LogP contribution < -0.4 is 42.5 Å². The number of aromatic hydroxyl groups is 2. The SMILES string of the molecule is CCNCC(NCC)(NCC)Nc1ccc(NC(CNCC)(NCC)NCC)c2c1C(=O)c1c(O)ccc(O)c1C2=O. The van der Waals surface area contributed by atoms with Gasteiger partial charge in [-0.3, -0.25) is 30.9 Å². The normalized spacial score (nSPS) is 13.2. The van der Waals surface area contributed by atoms with Crippen LogP contribution in [0, 0.1) is 0 Å². The van der Waals surface area contributed by atoms with E-state index in [1.165, 1.54) is 12.1 Å². The molecule has 0 fully saturated rings. The Balaban J connectivity index is 2.29. The highest BCUT2D eigenvalue weighted by molar-refractivity contribution is 6.33. The number of phenols is 2. The molecule has 0 aliphatic heterocycles. The molecule has 0 bridgehead atoms. The summed E-state index contributed by atoms with van der Waals surface area (Å²) in [4.78, 5) is 28.4. The van der Waals surface area contributed by atoms with Crippen molar-refractivity contribution in [3.05, 3.63) is 46.5 Å². The Bertz CT molecular complexity index is 1150. The molecule has 42 heavy (non-hydrogen) atoms. The van der Waals surface area contributed by atoms with Gasteiger partial charge in [0.1, 0.15) is 11.5 Å². The van der Waals surface area contributed by atoms with Crippen LogP contribution >= 0.6 is 0 Å². The Kier molecular flexibility index (Phi) is 11.7. The van der Waals surface area contributed by atoms with E-state index in [1.807, 2.05) is 41.5 Å². The highest BCUT2D eigenvalue weighted by Crippen LogP contribution is 2.43. The fraction of sp³-hybridized carbons (Fsp3) is 0.533. The molecule has 0 saturated carbocycles. The van der Waals surface area contributed by atoms with Gasteiger partial charge in [-0.2, -0.15) is 0 Å². The number of carbonyl (C=O) groups is 2. The van der Waals surface area contributed by atoms with Gasteiger partial charge < -0.3 is 31.5 Å². The summed E-state index contributed by atoms with van der Waals surface area (Å²) in [5, 5.41) is 48.9. The Morgan fingerprint density at radius 1 is 0.524 bits per heavy atom. The van der Waals surface area contributed by atoms with Gasteiger partial charge in [0.15, 0.2) is 11.6 Å². The Morgan fingerprint density at radius 2 is 0.857 bits per heavy atom. The monoisotopic (exact) mass is 584 g/mol. The number of hydrogen-bond donors (Lipinski definition) is 10. The third kappa shape index (κ3) is 6.86. The van der Waals surface area contributed by atoms with Crippen LogP contribution in [0.1, 0.15) is 73.4 Å². The van der Waals surface area contributed by atoms with Gasteiger partial charge in [0.2, 0.25) is 11.6 Å². The fourth-order valence-corrected chi connectivity index (χ4v) is 5.51. The number of anilines is 2. The topological polar surface area (TPSA) is 171 Å². The van der Waals surface area contributed by atoms with E-state index in [9.17, 15) is 19.8 Å². The zero-order valence-electron chi connectivity index (χ0n) is 25.7. The molecule has 3 rings (SSSR count). The molecule has 0 atom stereocenters. The number of rotatable bonds is 18. The Labute approximate surface area is 248 Å². The molecule has 0 unspecified atom stereocenters. The smallest absolute Gasteiger partial charge is 0.200 e. The van der Waals surface area contributed by atoms with Crippen LogP contribution in [-0.4, -0.2) is 85.7 Å². The quantitative estimate of drug-likeness (QED) is 0.0776. The summed E-state index contributed by atoms with van der Waals surface area (Å²) in [5.41, 5.74) is 0.613. The van der Waals surface area contributed by atoms with Crippen molar-refractivity contribution in [2.45, 2.75) is 53.1 Å². The van der Waals surface area contributed by atoms with Crippen molar-refractivity contribution in [2.24, 2.45) is 0 Å². The molecular formula is C30H48N8O4. The third-order valence-electron chi connectivity index (χ3n) is 7.17. The number of ketones is 2. The van der Waals surface area contributed by atoms with Gasteiger partial charge in [-0.25, -0.2) is 0 Å². The van der Waals surface area contributed by atoms with Crippen LogP contribution in [0.25, 0.3) is 0 Å². The highest BCUT2D eigenvalue weighted by atomic mass is 16.3. The van der Waals surface area contributed by atoms with Crippen molar-refractivity contribution in [3.8, 4) is 11.5 Å². The fourth-order valence-electron chi connectivity index (χ4n) is 5.51. The van der Waals surface area contributed by atoms with Crippen LogP contribution in [-0.2, 0) is 0 Å². The first-order valence-electron chi connectivity index (χ1n) is 15.0. The van der Waals surface area contributed by atoms with Gasteiger partial charge >= 0.3 is 0 Å². The van der Waals surface area contributed by atoms with Crippen molar-refractivity contribution in [1.82, 2.24) is 31.9 Å². The number of hydrogen-bond acceptors (Lipinski definition) is 12. The van der Waals surface area contributed by atoms with E-state index in [2.05, 4.69) is 42.5 Å². The Morgan fingerprint density at radius 3 is 1.14 bits per heavy atom. The summed E-state index contributed by atoms with van der Waals surface area (Å²) < 4.78 is 0. The van der Waals surface area contributed by atoms with Crippen LogP contribution in [0.5, 0.6) is 11.5 Å². The van der Waals surface area contributed by atoms with Crippen molar-refractivity contribution < 1.29 is 19.8 Å². The van der Waals surface area contributed by atoms with Crippen LogP contribution in [0.15, 0.2) is 24.3 Å². The molecule has 0 spiro atoms. The summed E-state index contributed by atoms with van der Waals surface area (Å²) in [7, 11) is 0. The third-order valence-corrected chi connectivity index (χ3v) is 7.17. The molecule has 0 aromatic heterocycles. The molecule has 0 amide bonds. The summed E-state index contributed by atoms with van der Waals surface area (Å²) >= 11 is 0. The van der Waals surface area contributed by atoms with Crippen molar-refractivity contribution in [1.29, 1.82) is 0 Å². The van der Waals surface area contributed by atoms with Crippen LogP contribution in [0.2, 0.25) is 0 Å². The second-order valence-corrected chi connectivity index (χ2v) is 10.2. The van der Waals surface area contributed by atoms with Crippen LogP contribution in [0.3, 0.4) is 0 Å². The van der Waals surface area contributed by atoms with Gasteiger partial charge in [-0.1, -0.05) is 41.5 Å². The number of phenolic OH excluding ortho intramolecular Hbond substituents is 2. The van der Waals surface area contributed by atoms with Gasteiger partial charge in [0.05, 0.1) is 22.3 Å². The van der Waals surface area contributed by atoms with Gasteiger partial charge in [-0.05, 0) is 63.5 Å². The number of likely N-dealkylation sites (N-methyl/N-ethyl adjacent to an activating group) is 6. The zero-order chi connectivity index (χ0) is 30.9.